The molecule has 0 aromatic heterocycles. The van der Waals surface area contributed by atoms with Gasteiger partial charge in [0.2, 0.25) is 0 Å². The number of urea groups is 1. The molecule has 0 fully saturated rings. The predicted molar refractivity (Wildman–Crippen MR) is 112 cm³/mol. The van der Waals surface area contributed by atoms with Crippen LogP contribution in [0.15, 0.2) is 0 Å². The van der Waals surface area contributed by atoms with Crippen molar-refractivity contribution in [2.75, 3.05) is 52.7 Å². The maximum Gasteiger partial charge on any atom is 0.502 e. The van der Waals surface area contributed by atoms with Gasteiger partial charge < -0.3 is 37.2 Å². The number of nitrogens with zero attached hydrogens (tertiary/aromatic N) is 1. The van der Waals surface area contributed by atoms with Gasteiger partial charge in [0.25, 0.3) is 0 Å². The van der Waals surface area contributed by atoms with E-state index in [2.05, 4.69) is 0 Å². The number of amides is 2. The number of hydrogen-bond acceptors (Lipinski definition) is 7. The number of rotatable bonds is 18. The summed E-state index contributed by atoms with van der Waals surface area (Å²) in [7, 11) is -5.71. The normalized spacial score (nSPS) is 12.4. The minimum Gasteiger partial charge on any atom is -0.374 e. The van der Waals surface area contributed by atoms with Crippen molar-refractivity contribution >= 4 is 23.6 Å². The van der Waals surface area contributed by atoms with Crippen LogP contribution >= 0.6 is 0 Å². The van der Waals surface area contributed by atoms with Gasteiger partial charge in [-0.25, -0.2) is 4.79 Å². The average Bonchev–Trinajstić information content (AvgIpc) is 2.62. The van der Waals surface area contributed by atoms with Crippen molar-refractivity contribution in [2.45, 2.75) is 53.6 Å². The molecule has 0 saturated carbocycles. The summed E-state index contributed by atoms with van der Waals surface area (Å²) in [5.41, 5.74) is 5.61. The minimum atomic E-state index is -2.86. The molecule has 0 aromatic carbocycles. The lowest BCUT2D eigenvalue weighted by Gasteiger charge is -2.33. The van der Waals surface area contributed by atoms with E-state index >= 15 is 0 Å². The Bertz CT molecular complexity index is 355. The highest BCUT2D eigenvalue weighted by Gasteiger charge is 2.43. The van der Waals surface area contributed by atoms with Gasteiger partial charge >= 0.3 is 23.6 Å². The van der Waals surface area contributed by atoms with Crippen LogP contribution in [0.4, 0.5) is 4.79 Å². The first kappa shape index (κ1) is 27.5. The van der Waals surface area contributed by atoms with E-state index in [4.69, 9.17) is 32.3 Å². The average molecular weight is 441 g/mol. The van der Waals surface area contributed by atoms with E-state index in [0.717, 1.165) is 0 Å². The molecule has 168 valence electrons. The number of nitrogens with two attached hydrogens (primary N) is 1. The molecule has 2 N–H and O–H groups in total. The molecule has 0 bridgehead atoms. The Labute approximate surface area is 172 Å². The zero-order valence-corrected chi connectivity index (χ0v) is 20.5. The van der Waals surface area contributed by atoms with Crippen molar-refractivity contribution in [3.05, 3.63) is 0 Å². The Morgan fingerprint density at radius 2 is 0.893 bits per heavy atom. The largest absolute Gasteiger partial charge is 0.502 e. The fourth-order valence-electron chi connectivity index (χ4n) is 2.88. The summed E-state index contributed by atoms with van der Waals surface area (Å²) in [5.74, 6) is 0. The molecule has 11 heteroatoms. The van der Waals surface area contributed by atoms with Crippen LogP contribution in [0.2, 0.25) is 12.1 Å². The molecule has 9 nitrogen and oxygen atoms in total. The van der Waals surface area contributed by atoms with Crippen LogP contribution < -0.4 is 5.73 Å². The topological polar surface area (TPSA) is 102 Å². The summed E-state index contributed by atoms with van der Waals surface area (Å²) < 4.78 is 35.1. The molecule has 0 aliphatic carbocycles. The van der Waals surface area contributed by atoms with Gasteiger partial charge in [0, 0.05) is 64.8 Å². The Balaban J connectivity index is 5.15. The Hall–Kier alpha value is -0.536. The fourth-order valence-corrected chi connectivity index (χ4v) is 7.97. The molecule has 0 aliphatic rings. The zero-order valence-electron chi connectivity index (χ0n) is 18.5. The third-order valence-corrected chi connectivity index (χ3v) is 9.92. The first-order valence-corrected chi connectivity index (χ1v) is 14.1. The quantitative estimate of drug-likeness (QED) is 0.327. The van der Waals surface area contributed by atoms with Gasteiger partial charge in [0.15, 0.2) is 0 Å². The third-order valence-electron chi connectivity index (χ3n) is 3.87. The first-order valence-electron chi connectivity index (χ1n) is 10.3. The van der Waals surface area contributed by atoms with Crippen LogP contribution in [0, 0.1) is 0 Å². The monoisotopic (exact) mass is 440 g/mol. The maximum absolute atomic E-state index is 12.0. The summed E-state index contributed by atoms with van der Waals surface area (Å²) in [4.78, 5) is 13.6. The SMILES string of the molecule is CCO[Si](CCN(CC[Si](OCC)(OCC)OCC)C(N)=O)(OCC)OCC. The van der Waals surface area contributed by atoms with Gasteiger partial charge in [-0.2, -0.15) is 0 Å². The second-order valence-corrected chi connectivity index (χ2v) is 11.3. The van der Waals surface area contributed by atoms with E-state index in [9.17, 15) is 4.79 Å². The van der Waals surface area contributed by atoms with Crippen molar-refractivity contribution in [1.29, 1.82) is 0 Å². The lowest BCUT2D eigenvalue weighted by atomic mass is 10.5. The molecule has 0 unspecified atom stereocenters. The molecule has 0 atom stereocenters. The van der Waals surface area contributed by atoms with Gasteiger partial charge in [-0.05, 0) is 41.5 Å². The minimum absolute atomic E-state index is 0.371. The lowest BCUT2D eigenvalue weighted by Crippen LogP contribution is -2.52. The lowest BCUT2D eigenvalue weighted by molar-refractivity contribution is 0.0664. The second kappa shape index (κ2) is 15.3. The molecule has 0 aromatic rings. The van der Waals surface area contributed by atoms with E-state index in [1.54, 1.807) is 4.90 Å². The van der Waals surface area contributed by atoms with E-state index in [0.29, 0.717) is 64.8 Å². The summed E-state index contributed by atoms with van der Waals surface area (Å²) in [6.45, 7) is 15.1. The van der Waals surface area contributed by atoms with Crippen LogP contribution in [-0.2, 0) is 26.6 Å². The molecule has 0 spiro atoms. The van der Waals surface area contributed by atoms with Crippen LogP contribution in [0.3, 0.4) is 0 Å². The van der Waals surface area contributed by atoms with Crippen LogP contribution in [0.1, 0.15) is 41.5 Å². The number of carbonyl (C=O) groups is 1. The van der Waals surface area contributed by atoms with Crippen molar-refractivity contribution in [3.8, 4) is 0 Å². The van der Waals surface area contributed by atoms with Gasteiger partial charge in [-0.1, -0.05) is 0 Å². The Morgan fingerprint density at radius 3 is 1.07 bits per heavy atom. The van der Waals surface area contributed by atoms with E-state index < -0.39 is 23.6 Å². The number of hydrogen-bond donors (Lipinski definition) is 1. The molecule has 0 aliphatic heterocycles. The first-order chi connectivity index (χ1) is 13.4. The molecule has 0 radical (unpaired) electrons. The van der Waals surface area contributed by atoms with Gasteiger partial charge in [-0.15, -0.1) is 0 Å². The maximum atomic E-state index is 12.0. The van der Waals surface area contributed by atoms with Crippen molar-refractivity contribution in [2.24, 2.45) is 5.73 Å². The number of carbonyl (C=O) groups excluding carboxylic acids is 1. The molecule has 0 heterocycles. The molecule has 2 amide bonds. The highest BCUT2D eigenvalue weighted by atomic mass is 28.4. The van der Waals surface area contributed by atoms with Crippen molar-refractivity contribution < 1.29 is 31.4 Å². The summed E-state index contributed by atoms with van der Waals surface area (Å²) in [6, 6.07) is 0.426. The summed E-state index contributed by atoms with van der Waals surface area (Å²) in [6.07, 6.45) is 0. The van der Waals surface area contributed by atoms with E-state index in [1.807, 2.05) is 41.5 Å². The highest BCUT2D eigenvalue weighted by Crippen LogP contribution is 2.20. The van der Waals surface area contributed by atoms with Gasteiger partial charge in [0.05, 0.1) is 0 Å². The molecular weight excluding hydrogens is 400 g/mol. The van der Waals surface area contributed by atoms with Crippen molar-refractivity contribution in [3.63, 3.8) is 0 Å². The summed E-state index contributed by atoms with van der Waals surface area (Å²) >= 11 is 0. The molecule has 0 rings (SSSR count). The standard InChI is InChI=1S/C17H40N2O7Si2/c1-7-21-27(22-8-2,23-9-3)15-13-19(17(18)20)14-16-28(24-10-4,25-11-5)26-12-6/h7-16H2,1-6H3,(H2,18,20). The van der Waals surface area contributed by atoms with Crippen LogP contribution in [0.5, 0.6) is 0 Å². The highest BCUT2D eigenvalue weighted by molar-refractivity contribution is 6.61. The van der Waals surface area contributed by atoms with Crippen LogP contribution in [0.25, 0.3) is 0 Å². The van der Waals surface area contributed by atoms with E-state index in [1.165, 1.54) is 0 Å². The molecule has 28 heavy (non-hydrogen) atoms. The number of primary amides is 1. The predicted octanol–water partition coefficient (Wildman–Crippen LogP) is 2.46. The molecular formula is C17H40N2O7Si2. The fraction of sp³-hybridized carbons (Fsp3) is 0.941. The van der Waals surface area contributed by atoms with Gasteiger partial charge in [0.1, 0.15) is 0 Å². The Kier molecular flexibility index (Phi) is 15.0. The summed E-state index contributed by atoms with van der Waals surface area (Å²) in [5, 5.41) is 0. The zero-order chi connectivity index (χ0) is 21.5. The third kappa shape index (κ3) is 9.79. The van der Waals surface area contributed by atoms with Crippen molar-refractivity contribution in [1.82, 2.24) is 4.90 Å². The van der Waals surface area contributed by atoms with Crippen LogP contribution in [-0.4, -0.2) is 81.3 Å². The molecule has 0 saturated heterocycles. The smallest absolute Gasteiger partial charge is 0.374 e. The second-order valence-electron chi connectivity index (χ2n) is 5.79. The Morgan fingerprint density at radius 1 is 0.643 bits per heavy atom. The van der Waals surface area contributed by atoms with E-state index in [-0.39, 0.29) is 0 Å². The van der Waals surface area contributed by atoms with Gasteiger partial charge in [-0.3, -0.25) is 0 Å².